The standard InChI is InChI=1S/C14H23N3OS/c1-9-8-17(4-5-18-9)13-16-11-7-14(2,3)6-10(15)12(11)19-13/h9-10H,4-8,15H2,1-3H3. The third-order valence-corrected chi connectivity index (χ3v) is 5.27. The van der Waals surface area contributed by atoms with Crippen LogP contribution in [-0.4, -0.2) is 30.8 Å². The molecule has 19 heavy (non-hydrogen) atoms. The highest BCUT2D eigenvalue weighted by atomic mass is 32.1. The minimum absolute atomic E-state index is 0.156. The first-order chi connectivity index (χ1) is 8.94. The van der Waals surface area contributed by atoms with E-state index in [0.717, 1.165) is 37.7 Å². The lowest BCUT2D eigenvalue weighted by Crippen LogP contribution is -2.41. The van der Waals surface area contributed by atoms with Gasteiger partial charge in [0.15, 0.2) is 5.13 Å². The van der Waals surface area contributed by atoms with Gasteiger partial charge in [0, 0.05) is 24.0 Å². The normalized spacial score (nSPS) is 30.2. The number of nitrogens with two attached hydrogens (primary N) is 1. The number of thiazole rings is 1. The summed E-state index contributed by atoms with van der Waals surface area (Å²) < 4.78 is 5.60. The van der Waals surface area contributed by atoms with Crippen LogP contribution in [0.5, 0.6) is 0 Å². The number of nitrogens with zero attached hydrogens (tertiary/aromatic N) is 2. The van der Waals surface area contributed by atoms with Gasteiger partial charge < -0.3 is 15.4 Å². The molecule has 4 nitrogen and oxygen atoms in total. The lowest BCUT2D eigenvalue weighted by Gasteiger charge is -2.32. The second-order valence-corrected chi connectivity index (χ2v) is 7.60. The molecule has 5 heteroatoms. The fraction of sp³-hybridized carbons (Fsp3) is 0.786. The van der Waals surface area contributed by atoms with Gasteiger partial charge in [-0.05, 0) is 25.2 Å². The summed E-state index contributed by atoms with van der Waals surface area (Å²) in [5.74, 6) is 0. The van der Waals surface area contributed by atoms with Crippen LogP contribution in [0.25, 0.3) is 0 Å². The molecule has 106 valence electrons. The molecule has 0 aromatic carbocycles. The van der Waals surface area contributed by atoms with Crippen LogP contribution in [0.3, 0.4) is 0 Å². The summed E-state index contributed by atoms with van der Waals surface area (Å²) in [6, 6.07) is 0.156. The van der Waals surface area contributed by atoms with E-state index in [1.165, 1.54) is 10.6 Å². The molecule has 1 fully saturated rings. The molecular formula is C14H23N3OS. The molecule has 3 rings (SSSR count). The SMILES string of the molecule is CC1CN(c2nc3c(s2)C(N)CC(C)(C)C3)CCO1. The van der Waals surface area contributed by atoms with E-state index >= 15 is 0 Å². The summed E-state index contributed by atoms with van der Waals surface area (Å²) in [4.78, 5) is 8.51. The molecule has 0 radical (unpaired) electrons. The zero-order valence-electron chi connectivity index (χ0n) is 12.0. The van der Waals surface area contributed by atoms with Crippen LogP contribution in [0.15, 0.2) is 0 Å². The van der Waals surface area contributed by atoms with Crippen LogP contribution in [-0.2, 0) is 11.2 Å². The van der Waals surface area contributed by atoms with Crippen molar-refractivity contribution in [2.75, 3.05) is 24.6 Å². The van der Waals surface area contributed by atoms with Crippen molar-refractivity contribution >= 4 is 16.5 Å². The number of rotatable bonds is 1. The Hall–Kier alpha value is -0.650. The summed E-state index contributed by atoms with van der Waals surface area (Å²) in [7, 11) is 0. The molecule has 2 heterocycles. The molecule has 2 aliphatic rings. The van der Waals surface area contributed by atoms with Crippen LogP contribution in [0.4, 0.5) is 5.13 Å². The highest BCUT2D eigenvalue weighted by molar-refractivity contribution is 7.15. The van der Waals surface area contributed by atoms with E-state index in [0.29, 0.717) is 6.10 Å². The predicted octanol–water partition coefficient (Wildman–Crippen LogP) is 2.34. The summed E-state index contributed by atoms with van der Waals surface area (Å²) in [5, 5.41) is 1.13. The number of fused-ring (bicyclic) bond motifs is 1. The van der Waals surface area contributed by atoms with Gasteiger partial charge in [0.05, 0.1) is 18.4 Å². The third-order valence-electron chi connectivity index (χ3n) is 3.98. The quantitative estimate of drug-likeness (QED) is 0.858. The van der Waals surface area contributed by atoms with Crippen molar-refractivity contribution in [1.29, 1.82) is 0 Å². The molecule has 2 atom stereocenters. The summed E-state index contributed by atoms with van der Waals surface area (Å²) >= 11 is 1.79. The van der Waals surface area contributed by atoms with E-state index in [9.17, 15) is 0 Å². The van der Waals surface area contributed by atoms with Gasteiger partial charge in [-0.15, -0.1) is 0 Å². The lowest BCUT2D eigenvalue weighted by atomic mass is 9.77. The predicted molar refractivity (Wildman–Crippen MR) is 78.8 cm³/mol. The minimum atomic E-state index is 0.156. The molecule has 1 aliphatic heterocycles. The molecule has 1 aromatic heterocycles. The van der Waals surface area contributed by atoms with Crippen LogP contribution in [0.1, 0.15) is 43.8 Å². The first kappa shape index (κ1) is 13.3. The average molecular weight is 281 g/mol. The van der Waals surface area contributed by atoms with Gasteiger partial charge in [-0.3, -0.25) is 0 Å². The molecule has 2 unspecified atom stereocenters. The number of aromatic nitrogens is 1. The van der Waals surface area contributed by atoms with Gasteiger partial charge in [0.1, 0.15) is 0 Å². The van der Waals surface area contributed by atoms with E-state index in [2.05, 4.69) is 25.7 Å². The molecule has 0 spiro atoms. The first-order valence-electron chi connectivity index (χ1n) is 7.06. The highest BCUT2D eigenvalue weighted by Gasteiger charge is 2.34. The zero-order valence-corrected chi connectivity index (χ0v) is 12.8. The number of hydrogen-bond donors (Lipinski definition) is 1. The maximum atomic E-state index is 6.32. The van der Waals surface area contributed by atoms with Gasteiger partial charge >= 0.3 is 0 Å². The molecule has 1 saturated heterocycles. The molecule has 0 bridgehead atoms. The Morgan fingerprint density at radius 2 is 2.26 bits per heavy atom. The number of hydrogen-bond acceptors (Lipinski definition) is 5. The number of ether oxygens (including phenoxy) is 1. The fourth-order valence-electron chi connectivity index (χ4n) is 3.11. The molecule has 0 amide bonds. The monoisotopic (exact) mass is 281 g/mol. The van der Waals surface area contributed by atoms with E-state index < -0.39 is 0 Å². The Morgan fingerprint density at radius 1 is 1.47 bits per heavy atom. The number of morpholine rings is 1. The van der Waals surface area contributed by atoms with Crippen LogP contribution in [0.2, 0.25) is 0 Å². The Balaban J connectivity index is 1.86. The third kappa shape index (κ3) is 2.64. The van der Waals surface area contributed by atoms with E-state index in [1.54, 1.807) is 11.3 Å². The highest BCUT2D eigenvalue weighted by Crippen LogP contribution is 2.43. The second kappa shape index (κ2) is 4.72. The lowest BCUT2D eigenvalue weighted by molar-refractivity contribution is 0.0532. The van der Waals surface area contributed by atoms with Gasteiger partial charge in [0.25, 0.3) is 0 Å². The van der Waals surface area contributed by atoms with Crippen molar-refractivity contribution in [3.8, 4) is 0 Å². The van der Waals surface area contributed by atoms with Gasteiger partial charge in [-0.2, -0.15) is 0 Å². The topological polar surface area (TPSA) is 51.4 Å². The summed E-state index contributed by atoms with van der Waals surface area (Å²) in [5.41, 5.74) is 7.82. The molecular weight excluding hydrogens is 258 g/mol. The van der Waals surface area contributed by atoms with Crippen molar-refractivity contribution in [2.45, 2.75) is 45.8 Å². The van der Waals surface area contributed by atoms with Crippen molar-refractivity contribution in [1.82, 2.24) is 4.98 Å². The van der Waals surface area contributed by atoms with E-state index in [1.807, 2.05) is 0 Å². The minimum Gasteiger partial charge on any atom is -0.375 e. The van der Waals surface area contributed by atoms with Gasteiger partial charge in [-0.1, -0.05) is 25.2 Å². The van der Waals surface area contributed by atoms with Crippen LogP contribution < -0.4 is 10.6 Å². The van der Waals surface area contributed by atoms with Gasteiger partial charge in [0.2, 0.25) is 0 Å². The van der Waals surface area contributed by atoms with Crippen molar-refractivity contribution < 1.29 is 4.74 Å². The Morgan fingerprint density at radius 3 is 3.00 bits per heavy atom. The Bertz CT molecular complexity index is 471. The Kier molecular flexibility index (Phi) is 3.31. The van der Waals surface area contributed by atoms with Crippen LogP contribution >= 0.6 is 11.3 Å². The van der Waals surface area contributed by atoms with Crippen LogP contribution in [0, 0.1) is 5.41 Å². The Labute approximate surface area is 119 Å². The zero-order chi connectivity index (χ0) is 13.6. The summed E-state index contributed by atoms with van der Waals surface area (Å²) in [6.07, 6.45) is 2.40. The van der Waals surface area contributed by atoms with Crippen molar-refractivity contribution in [2.24, 2.45) is 11.1 Å². The van der Waals surface area contributed by atoms with E-state index in [4.69, 9.17) is 15.5 Å². The molecule has 2 N–H and O–H groups in total. The second-order valence-electron chi connectivity index (χ2n) is 6.59. The smallest absolute Gasteiger partial charge is 0.186 e. The van der Waals surface area contributed by atoms with Crippen molar-refractivity contribution in [3.05, 3.63) is 10.6 Å². The average Bonchev–Trinajstić information content (AvgIpc) is 2.71. The van der Waals surface area contributed by atoms with Crippen molar-refractivity contribution in [3.63, 3.8) is 0 Å². The fourth-order valence-corrected chi connectivity index (χ4v) is 4.23. The number of anilines is 1. The molecule has 1 aliphatic carbocycles. The first-order valence-corrected chi connectivity index (χ1v) is 7.88. The molecule has 0 saturated carbocycles. The summed E-state index contributed by atoms with van der Waals surface area (Å²) in [6.45, 7) is 9.36. The maximum absolute atomic E-state index is 6.32. The largest absolute Gasteiger partial charge is 0.375 e. The van der Waals surface area contributed by atoms with E-state index in [-0.39, 0.29) is 11.5 Å². The maximum Gasteiger partial charge on any atom is 0.186 e. The molecule has 1 aromatic rings. The van der Waals surface area contributed by atoms with Gasteiger partial charge in [-0.25, -0.2) is 4.98 Å².